The first-order valence-electron chi connectivity index (χ1n) is 9.39. The first kappa shape index (κ1) is 22.3. The minimum Gasteiger partial charge on any atom is -0.183 e. The fraction of sp³-hybridized carbons (Fsp3) is 0.0769. The summed E-state index contributed by atoms with van der Waals surface area (Å²) in [5, 5.41) is 9.23. The first-order valence-corrected chi connectivity index (χ1v) is 9.39. The van der Waals surface area contributed by atoms with Gasteiger partial charge in [0, 0.05) is 41.1 Å². The third-order valence-corrected chi connectivity index (χ3v) is 5.29. The Morgan fingerprint density at radius 1 is 0.767 bits per heavy atom. The number of benzene rings is 4. The molecule has 1 heterocycles. The van der Waals surface area contributed by atoms with Crippen molar-refractivity contribution in [2.45, 2.75) is 6.92 Å². The molecule has 1 aromatic heterocycles. The van der Waals surface area contributed by atoms with E-state index in [9.17, 15) is 0 Å². The number of aromatic nitrogens is 2. The zero-order valence-electron chi connectivity index (χ0n) is 17.1. The van der Waals surface area contributed by atoms with Gasteiger partial charge < -0.3 is 0 Å². The summed E-state index contributed by atoms with van der Waals surface area (Å²) in [7, 11) is 1.96. The van der Waals surface area contributed by atoms with Gasteiger partial charge in [-0.2, -0.15) is 35.4 Å². The van der Waals surface area contributed by atoms with E-state index in [1.54, 1.807) is 6.20 Å². The Kier molecular flexibility index (Phi) is 6.85. The molecule has 5 rings (SSSR count). The topological polar surface area (TPSA) is 16.8 Å². The van der Waals surface area contributed by atoms with Crippen molar-refractivity contribution in [1.82, 2.24) is 5.10 Å². The molecule has 4 aromatic carbocycles. The second-order valence-corrected chi connectivity index (χ2v) is 7.08. The molecule has 0 bridgehead atoms. The number of hydrogen-bond donors (Lipinski definition) is 0. The van der Waals surface area contributed by atoms with Crippen molar-refractivity contribution < 1.29 is 37.4 Å². The van der Waals surface area contributed by atoms with Crippen LogP contribution in [0.3, 0.4) is 0 Å². The predicted octanol–water partition coefficient (Wildman–Crippen LogP) is 5.07. The van der Waals surface area contributed by atoms with Crippen molar-refractivity contribution >= 4 is 30.0 Å². The number of aryl methyl sites for hydroxylation is 2. The second-order valence-electron chi connectivity index (χ2n) is 7.08. The zero-order chi connectivity index (χ0) is 19.1. The van der Waals surface area contributed by atoms with Gasteiger partial charge in [0.15, 0.2) is 12.7 Å². The van der Waals surface area contributed by atoms with Crippen molar-refractivity contribution in [3.63, 3.8) is 0 Å². The van der Waals surface area contributed by atoms with E-state index >= 15 is 0 Å². The molecular weight excluding hydrogens is 440 g/mol. The van der Waals surface area contributed by atoms with Gasteiger partial charge in [-0.05, 0) is 28.0 Å². The number of nitrogens with zero attached hydrogens (tertiary/aromatic N) is 2. The minimum atomic E-state index is 0. The molecule has 140 valence electrons. The molecule has 0 aliphatic rings. The molecule has 30 heavy (non-hydrogen) atoms. The van der Waals surface area contributed by atoms with Gasteiger partial charge in [-0.25, -0.2) is 0 Å². The van der Waals surface area contributed by atoms with Crippen LogP contribution in [0.4, 0.5) is 0 Å². The van der Waals surface area contributed by atoms with E-state index < -0.39 is 0 Å². The van der Waals surface area contributed by atoms with Crippen LogP contribution in [-0.2, 0) is 39.8 Å². The molecule has 0 saturated heterocycles. The molecule has 0 saturated carbocycles. The second kappa shape index (κ2) is 9.20. The minimum absolute atomic E-state index is 0. The third-order valence-electron chi connectivity index (χ3n) is 5.29. The van der Waals surface area contributed by atoms with Crippen LogP contribution in [0.5, 0.6) is 0 Å². The smallest absolute Gasteiger partial charge is 0.175 e. The van der Waals surface area contributed by atoms with Crippen LogP contribution in [0.1, 0.15) is 5.56 Å². The Labute approximate surface area is 204 Å². The Morgan fingerprint density at radius 3 is 2.37 bits per heavy atom. The van der Waals surface area contributed by atoms with Gasteiger partial charge in [-0.1, -0.05) is 48.2 Å². The molecule has 0 aliphatic heterocycles. The Morgan fingerprint density at radius 2 is 1.53 bits per heavy atom. The van der Waals surface area contributed by atoms with Crippen molar-refractivity contribution in [3.8, 4) is 22.4 Å². The van der Waals surface area contributed by atoms with Crippen LogP contribution in [0, 0.1) is 19.1 Å². The maximum atomic E-state index is 4.36. The fourth-order valence-corrected chi connectivity index (χ4v) is 3.77. The number of rotatable bonds is 2. The van der Waals surface area contributed by atoms with Gasteiger partial charge >= 0.3 is 0 Å². The van der Waals surface area contributed by atoms with Gasteiger partial charge in [0.1, 0.15) is 0 Å². The SMILES string of the molecule is Cc1ccc(-c2[c-]c3ccc4ccccc4c3cc2)[c-]c1-c1cccn[n+]1C.[B].[Y]. The van der Waals surface area contributed by atoms with E-state index in [0.29, 0.717) is 0 Å². The van der Waals surface area contributed by atoms with Gasteiger partial charge in [0.05, 0.1) is 6.20 Å². The van der Waals surface area contributed by atoms with Crippen LogP contribution in [0.15, 0.2) is 79.0 Å². The first-order chi connectivity index (χ1) is 13.7. The molecule has 0 N–H and O–H groups in total. The van der Waals surface area contributed by atoms with Crippen LogP contribution >= 0.6 is 0 Å². The summed E-state index contributed by atoms with van der Waals surface area (Å²) in [6.45, 7) is 2.11. The Hall–Kier alpha value is -2.35. The van der Waals surface area contributed by atoms with Crippen molar-refractivity contribution in [2.75, 3.05) is 0 Å². The third kappa shape index (κ3) is 3.97. The average molecular weight is 459 g/mol. The maximum Gasteiger partial charge on any atom is 0.175 e. The largest absolute Gasteiger partial charge is 0.183 e. The van der Waals surface area contributed by atoms with Gasteiger partial charge in [-0.3, -0.25) is 0 Å². The normalized spacial score (nSPS) is 10.5. The van der Waals surface area contributed by atoms with Gasteiger partial charge in [0.2, 0.25) is 0 Å². The van der Waals surface area contributed by atoms with Gasteiger partial charge in [0.25, 0.3) is 0 Å². The van der Waals surface area contributed by atoms with E-state index in [1.807, 2.05) is 17.8 Å². The summed E-state index contributed by atoms with van der Waals surface area (Å²) in [6, 6.07) is 32.6. The van der Waals surface area contributed by atoms with Crippen LogP contribution < -0.4 is 4.68 Å². The molecule has 4 radical (unpaired) electrons. The predicted molar refractivity (Wildman–Crippen MR) is 119 cm³/mol. The maximum absolute atomic E-state index is 4.36. The summed E-state index contributed by atoms with van der Waals surface area (Å²) >= 11 is 0. The van der Waals surface area contributed by atoms with Gasteiger partial charge in [-0.15, -0.1) is 33.8 Å². The van der Waals surface area contributed by atoms with Crippen LogP contribution in [0.2, 0.25) is 0 Å². The summed E-state index contributed by atoms with van der Waals surface area (Å²) in [4.78, 5) is 0. The molecule has 0 unspecified atom stereocenters. The van der Waals surface area contributed by atoms with Crippen molar-refractivity contribution in [1.29, 1.82) is 0 Å². The zero-order valence-corrected chi connectivity index (χ0v) is 19.9. The number of hydrogen-bond acceptors (Lipinski definition) is 1. The Balaban J connectivity index is 0.00000128. The summed E-state index contributed by atoms with van der Waals surface area (Å²) < 4.78 is 1.89. The molecule has 0 aliphatic carbocycles. The molecule has 0 atom stereocenters. The molecule has 5 aromatic rings. The summed E-state index contributed by atoms with van der Waals surface area (Å²) in [5.74, 6) is 0. The number of fused-ring (bicyclic) bond motifs is 3. The van der Waals surface area contributed by atoms with E-state index in [4.69, 9.17) is 0 Å². The molecule has 0 fully saturated rings. The molecule has 2 nitrogen and oxygen atoms in total. The molecule has 4 heteroatoms. The van der Waals surface area contributed by atoms with Crippen molar-refractivity contribution in [3.05, 3.63) is 96.7 Å². The monoisotopic (exact) mass is 459 g/mol. The fourth-order valence-electron chi connectivity index (χ4n) is 3.77. The summed E-state index contributed by atoms with van der Waals surface area (Å²) in [5.41, 5.74) is 5.39. The standard InChI is InChI=1S/C26H19N2.B.Y/c1-18-9-10-21(17-25(18)26-8-5-15-27-28(26)2)20-13-14-24-22(16-20)12-11-19-6-3-4-7-23(19)24;;/h3-15H,1-2H3;;/q-1;;. The average Bonchev–Trinajstić information content (AvgIpc) is 2.74. The van der Waals surface area contributed by atoms with Crippen LogP contribution in [-0.4, -0.2) is 13.5 Å². The van der Waals surface area contributed by atoms with Crippen molar-refractivity contribution in [2.24, 2.45) is 7.05 Å². The van der Waals surface area contributed by atoms with Crippen LogP contribution in [0.25, 0.3) is 43.9 Å². The molecule has 0 amide bonds. The van der Waals surface area contributed by atoms with E-state index in [2.05, 4.69) is 90.9 Å². The molecule has 0 spiro atoms. The quantitative estimate of drug-likeness (QED) is 0.156. The summed E-state index contributed by atoms with van der Waals surface area (Å²) in [6.07, 6.45) is 1.80. The van der Waals surface area contributed by atoms with E-state index in [1.165, 1.54) is 21.7 Å². The molecular formula is C26H19BN2Y-. The van der Waals surface area contributed by atoms with E-state index in [-0.39, 0.29) is 41.1 Å². The van der Waals surface area contributed by atoms with E-state index in [0.717, 1.165) is 27.8 Å². The Bertz CT molecular complexity index is 1350.